The van der Waals surface area contributed by atoms with E-state index in [9.17, 15) is 10.0 Å². The molecule has 1 amide bonds. The molecule has 7 heteroatoms. The van der Waals surface area contributed by atoms with Gasteiger partial charge in [0.15, 0.2) is 0 Å². The van der Waals surface area contributed by atoms with E-state index < -0.39 is 0 Å². The van der Waals surface area contributed by atoms with Crippen molar-refractivity contribution in [2.24, 2.45) is 11.1 Å². The number of anilines is 1. The molecular formula is C29H39FN4O2. The van der Waals surface area contributed by atoms with Gasteiger partial charge < -0.3 is 15.0 Å². The Morgan fingerprint density at radius 2 is 1.72 bits per heavy atom. The fourth-order valence-electron chi connectivity index (χ4n) is 5.93. The number of benzene rings is 2. The number of nitrogens with zero attached hydrogens (tertiary/aromatic N) is 4. The zero-order valence-electron chi connectivity index (χ0n) is 21.5. The fraction of sp³-hybridized carbons (Fsp3) is 0.517. The van der Waals surface area contributed by atoms with Crippen LogP contribution in [0, 0.1) is 11.7 Å². The van der Waals surface area contributed by atoms with E-state index in [1.165, 1.54) is 12.8 Å². The number of hydrogen-bond acceptors (Lipinski definition) is 5. The Morgan fingerprint density at radius 1 is 1.06 bits per heavy atom. The van der Waals surface area contributed by atoms with Crippen LogP contribution in [-0.4, -0.2) is 66.4 Å². The van der Waals surface area contributed by atoms with Crippen LogP contribution >= 0.6 is 0 Å². The van der Waals surface area contributed by atoms with Gasteiger partial charge in [0.25, 0.3) is 0 Å². The van der Waals surface area contributed by atoms with Crippen LogP contribution in [0.25, 0.3) is 0 Å². The molecule has 36 heavy (non-hydrogen) atoms. The SMILES string of the molecule is CCN(CC)C(=O)C(c1ccccc1)N1CCN(c2ccc(C(C=NO)C3CCCC3)cc2F)CC1. The zero-order chi connectivity index (χ0) is 25.5. The highest BCUT2D eigenvalue weighted by Gasteiger charge is 2.33. The number of carbonyl (C=O) groups excluding carboxylic acids is 1. The molecule has 2 atom stereocenters. The van der Waals surface area contributed by atoms with Crippen molar-refractivity contribution in [3.63, 3.8) is 0 Å². The molecule has 1 saturated carbocycles. The van der Waals surface area contributed by atoms with E-state index in [1.54, 1.807) is 12.3 Å². The number of carbonyl (C=O) groups is 1. The van der Waals surface area contributed by atoms with Crippen molar-refractivity contribution >= 4 is 17.8 Å². The van der Waals surface area contributed by atoms with Gasteiger partial charge in [0.1, 0.15) is 11.9 Å². The highest BCUT2D eigenvalue weighted by molar-refractivity contribution is 5.83. The van der Waals surface area contributed by atoms with E-state index in [0.717, 1.165) is 24.0 Å². The average Bonchev–Trinajstić information content (AvgIpc) is 3.44. The minimum absolute atomic E-state index is 0.0596. The number of amides is 1. The van der Waals surface area contributed by atoms with Gasteiger partial charge in [-0.25, -0.2) is 4.39 Å². The predicted octanol–water partition coefficient (Wildman–Crippen LogP) is 5.29. The first-order valence-electron chi connectivity index (χ1n) is 13.4. The molecule has 0 spiro atoms. The summed E-state index contributed by atoms with van der Waals surface area (Å²) in [6.07, 6.45) is 6.06. The van der Waals surface area contributed by atoms with Crippen LogP contribution in [0.3, 0.4) is 0 Å². The smallest absolute Gasteiger partial charge is 0.244 e. The molecule has 0 radical (unpaired) electrons. The van der Waals surface area contributed by atoms with Crippen LogP contribution in [0.15, 0.2) is 53.7 Å². The van der Waals surface area contributed by atoms with Gasteiger partial charge >= 0.3 is 0 Å². The maximum Gasteiger partial charge on any atom is 0.244 e. The molecule has 2 aromatic carbocycles. The molecule has 2 aromatic rings. The van der Waals surface area contributed by atoms with E-state index in [0.29, 0.717) is 50.9 Å². The molecule has 0 bridgehead atoms. The third kappa shape index (κ3) is 5.72. The molecule has 6 nitrogen and oxygen atoms in total. The average molecular weight is 495 g/mol. The predicted molar refractivity (Wildman–Crippen MR) is 142 cm³/mol. The Balaban J connectivity index is 1.48. The Morgan fingerprint density at radius 3 is 2.31 bits per heavy atom. The second kappa shape index (κ2) is 12.3. The lowest BCUT2D eigenvalue weighted by atomic mass is 9.85. The van der Waals surface area contributed by atoms with Crippen molar-refractivity contribution < 1.29 is 14.4 Å². The largest absolute Gasteiger partial charge is 0.411 e. The summed E-state index contributed by atoms with van der Waals surface area (Å²) >= 11 is 0. The fourth-order valence-corrected chi connectivity index (χ4v) is 5.93. The Labute approximate surface area is 214 Å². The van der Waals surface area contributed by atoms with Crippen LogP contribution in [-0.2, 0) is 4.79 Å². The van der Waals surface area contributed by atoms with Crippen molar-refractivity contribution in [3.05, 3.63) is 65.5 Å². The second-order valence-electron chi connectivity index (χ2n) is 9.89. The van der Waals surface area contributed by atoms with Gasteiger partial charge in [0.05, 0.1) is 11.9 Å². The van der Waals surface area contributed by atoms with E-state index >= 15 is 4.39 Å². The summed E-state index contributed by atoms with van der Waals surface area (Å²) in [5.74, 6) is 0.219. The van der Waals surface area contributed by atoms with Gasteiger partial charge in [0, 0.05) is 45.2 Å². The summed E-state index contributed by atoms with van der Waals surface area (Å²) in [4.78, 5) is 19.6. The first-order chi connectivity index (χ1) is 17.6. The van der Waals surface area contributed by atoms with Crippen LogP contribution in [0.4, 0.5) is 10.1 Å². The molecular weight excluding hydrogens is 455 g/mol. The molecule has 2 unspecified atom stereocenters. The van der Waals surface area contributed by atoms with Crippen molar-refractivity contribution in [2.75, 3.05) is 44.2 Å². The van der Waals surface area contributed by atoms with E-state index in [1.807, 2.05) is 61.2 Å². The lowest BCUT2D eigenvalue weighted by Gasteiger charge is -2.41. The van der Waals surface area contributed by atoms with Crippen LogP contribution < -0.4 is 4.90 Å². The molecule has 0 aromatic heterocycles. The lowest BCUT2D eigenvalue weighted by molar-refractivity contribution is -0.137. The molecule has 4 rings (SSSR count). The van der Waals surface area contributed by atoms with Crippen molar-refractivity contribution in [1.82, 2.24) is 9.80 Å². The standard InChI is InChI=1S/C29H39FN4O2/c1-3-32(4-2)29(35)28(23-12-6-5-7-13-23)34-18-16-33(17-19-34)27-15-14-24(20-26(27)30)25(21-31-36)22-10-8-9-11-22/h5-7,12-15,20-22,25,28,36H,3-4,8-11,16-19H2,1-2H3. The number of rotatable bonds is 9. The number of hydrogen-bond donors (Lipinski definition) is 1. The van der Waals surface area contributed by atoms with Gasteiger partial charge in [-0.05, 0) is 55.9 Å². The molecule has 1 saturated heterocycles. The summed E-state index contributed by atoms with van der Waals surface area (Å²) in [6, 6.07) is 15.1. The number of piperazine rings is 1. The topological polar surface area (TPSA) is 59.4 Å². The number of oxime groups is 1. The third-order valence-electron chi connectivity index (χ3n) is 7.94. The van der Waals surface area contributed by atoms with Crippen molar-refractivity contribution in [3.8, 4) is 0 Å². The molecule has 1 N–H and O–H groups in total. The zero-order valence-corrected chi connectivity index (χ0v) is 21.5. The van der Waals surface area contributed by atoms with Crippen LogP contribution in [0.2, 0.25) is 0 Å². The lowest BCUT2D eigenvalue weighted by Crippen LogP contribution is -2.52. The Kier molecular flexibility index (Phi) is 8.97. The van der Waals surface area contributed by atoms with E-state index in [4.69, 9.17) is 0 Å². The van der Waals surface area contributed by atoms with Crippen molar-refractivity contribution in [2.45, 2.75) is 51.5 Å². The van der Waals surface area contributed by atoms with Gasteiger partial charge in [-0.15, -0.1) is 5.16 Å². The number of halogens is 1. The molecule has 1 heterocycles. The summed E-state index contributed by atoms with van der Waals surface area (Å²) in [6.45, 7) is 8.03. The highest BCUT2D eigenvalue weighted by Crippen LogP contribution is 2.37. The summed E-state index contributed by atoms with van der Waals surface area (Å²) < 4.78 is 15.3. The second-order valence-corrected chi connectivity index (χ2v) is 9.89. The molecule has 1 aliphatic carbocycles. The summed E-state index contributed by atoms with van der Waals surface area (Å²) in [7, 11) is 0. The quantitative estimate of drug-likeness (QED) is 0.292. The Bertz CT molecular complexity index is 1010. The normalized spacial score (nSPS) is 19.0. The molecule has 1 aliphatic heterocycles. The number of likely N-dealkylation sites (N-methyl/N-ethyl adjacent to an activating group) is 1. The Hall–Kier alpha value is -2.93. The first-order valence-corrected chi connectivity index (χ1v) is 13.4. The van der Waals surface area contributed by atoms with Crippen LogP contribution in [0.1, 0.15) is 62.6 Å². The monoisotopic (exact) mass is 494 g/mol. The molecule has 2 aliphatic rings. The van der Waals surface area contributed by atoms with E-state index in [2.05, 4.69) is 15.0 Å². The van der Waals surface area contributed by atoms with Gasteiger partial charge in [-0.2, -0.15) is 0 Å². The highest BCUT2D eigenvalue weighted by atomic mass is 19.1. The summed E-state index contributed by atoms with van der Waals surface area (Å²) in [5, 5.41) is 12.5. The maximum absolute atomic E-state index is 15.3. The summed E-state index contributed by atoms with van der Waals surface area (Å²) in [5.41, 5.74) is 2.46. The van der Waals surface area contributed by atoms with E-state index in [-0.39, 0.29) is 23.7 Å². The minimum Gasteiger partial charge on any atom is -0.411 e. The van der Waals surface area contributed by atoms with Gasteiger partial charge in [0.2, 0.25) is 5.91 Å². The maximum atomic E-state index is 15.3. The molecule has 194 valence electrons. The molecule has 2 fully saturated rings. The van der Waals surface area contributed by atoms with Crippen molar-refractivity contribution in [1.29, 1.82) is 0 Å². The minimum atomic E-state index is -0.328. The third-order valence-corrected chi connectivity index (χ3v) is 7.94. The van der Waals surface area contributed by atoms with Crippen LogP contribution in [0.5, 0.6) is 0 Å². The van der Waals surface area contributed by atoms with Gasteiger partial charge in [-0.3, -0.25) is 9.69 Å². The van der Waals surface area contributed by atoms with Gasteiger partial charge in [-0.1, -0.05) is 49.2 Å². The first kappa shape index (κ1) is 26.1.